The zero-order chi connectivity index (χ0) is 13.8. The average molecular weight is 341 g/mol. The summed E-state index contributed by atoms with van der Waals surface area (Å²) >= 11 is 5.11. The van der Waals surface area contributed by atoms with Crippen LogP contribution in [0.15, 0.2) is 39.7 Å². The van der Waals surface area contributed by atoms with E-state index >= 15 is 0 Å². The van der Waals surface area contributed by atoms with Crippen molar-refractivity contribution in [3.8, 4) is 0 Å². The minimum absolute atomic E-state index is 0.362. The van der Waals surface area contributed by atoms with Crippen LogP contribution in [0.25, 0.3) is 0 Å². The van der Waals surface area contributed by atoms with Gasteiger partial charge in [0.15, 0.2) is 0 Å². The standard InChI is InChI=1S/C14H17BrN2OS/c1-10-6-12(17(2)16-10)8-13(18)9-19-14-5-3-4-11(15)7-14/h3-7,13,18H,8-9H2,1-2H3. The van der Waals surface area contributed by atoms with Crippen molar-refractivity contribution in [3.63, 3.8) is 0 Å². The fraction of sp³-hybridized carbons (Fsp3) is 0.357. The first-order valence-corrected chi connectivity index (χ1v) is 7.88. The van der Waals surface area contributed by atoms with Gasteiger partial charge in [-0.2, -0.15) is 5.10 Å². The molecule has 0 bridgehead atoms. The largest absolute Gasteiger partial charge is 0.392 e. The van der Waals surface area contributed by atoms with Crippen LogP contribution in [0, 0.1) is 6.92 Å². The van der Waals surface area contributed by atoms with Crippen molar-refractivity contribution >= 4 is 27.7 Å². The summed E-state index contributed by atoms with van der Waals surface area (Å²) in [5.41, 5.74) is 2.06. The third-order valence-corrected chi connectivity index (χ3v) is 4.41. The average Bonchev–Trinajstić information content (AvgIpc) is 2.65. The van der Waals surface area contributed by atoms with E-state index in [0.717, 1.165) is 20.8 Å². The van der Waals surface area contributed by atoms with Crippen LogP contribution in [0.5, 0.6) is 0 Å². The first kappa shape index (κ1) is 14.6. The number of aromatic nitrogens is 2. The molecule has 1 N–H and O–H groups in total. The topological polar surface area (TPSA) is 38.0 Å². The number of rotatable bonds is 5. The molecule has 0 aliphatic rings. The van der Waals surface area contributed by atoms with E-state index in [9.17, 15) is 5.11 Å². The van der Waals surface area contributed by atoms with E-state index in [0.29, 0.717) is 12.2 Å². The molecule has 102 valence electrons. The minimum atomic E-state index is -0.362. The van der Waals surface area contributed by atoms with Gasteiger partial charge in [0.25, 0.3) is 0 Å². The Kier molecular flexibility index (Phi) is 5.07. The second-order valence-electron chi connectivity index (χ2n) is 4.53. The van der Waals surface area contributed by atoms with Crippen LogP contribution in [0.3, 0.4) is 0 Å². The predicted molar refractivity (Wildman–Crippen MR) is 82.5 cm³/mol. The lowest BCUT2D eigenvalue weighted by Gasteiger charge is -2.10. The Morgan fingerprint density at radius 3 is 2.84 bits per heavy atom. The van der Waals surface area contributed by atoms with Crippen LogP contribution in [0.4, 0.5) is 0 Å². The van der Waals surface area contributed by atoms with E-state index < -0.39 is 0 Å². The number of benzene rings is 1. The Labute approximate surface area is 126 Å². The molecule has 0 saturated carbocycles. The molecular formula is C14H17BrN2OS. The van der Waals surface area contributed by atoms with Gasteiger partial charge >= 0.3 is 0 Å². The Morgan fingerprint density at radius 1 is 1.42 bits per heavy atom. The summed E-state index contributed by atoms with van der Waals surface area (Å²) in [5, 5.41) is 14.4. The van der Waals surface area contributed by atoms with Crippen molar-refractivity contribution in [2.24, 2.45) is 7.05 Å². The minimum Gasteiger partial charge on any atom is -0.392 e. The number of aliphatic hydroxyl groups is 1. The molecule has 3 nitrogen and oxygen atoms in total. The van der Waals surface area contributed by atoms with Gasteiger partial charge in [-0.15, -0.1) is 11.8 Å². The summed E-state index contributed by atoms with van der Waals surface area (Å²) in [6.45, 7) is 1.96. The highest BCUT2D eigenvalue weighted by atomic mass is 79.9. The van der Waals surface area contributed by atoms with Crippen molar-refractivity contribution < 1.29 is 5.11 Å². The zero-order valence-corrected chi connectivity index (χ0v) is 13.4. The maximum Gasteiger partial charge on any atom is 0.0689 e. The molecule has 1 heterocycles. The van der Waals surface area contributed by atoms with Crippen molar-refractivity contribution in [2.75, 3.05) is 5.75 Å². The Hall–Kier alpha value is -0.780. The van der Waals surface area contributed by atoms with Crippen LogP contribution < -0.4 is 0 Å². The molecule has 5 heteroatoms. The smallest absolute Gasteiger partial charge is 0.0689 e. The maximum absolute atomic E-state index is 10.1. The number of thioether (sulfide) groups is 1. The van der Waals surface area contributed by atoms with Gasteiger partial charge in [0.05, 0.1) is 11.8 Å². The third kappa shape index (κ3) is 4.37. The molecule has 1 aromatic carbocycles. The maximum atomic E-state index is 10.1. The molecule has 2 aromatic rings. The molecule has 1 atom stereocenters. The zero-order valence-electron chi connectivity index (χ0n) is 11.0. The summed E-state index contributed by atoms with van der Waals surface area (Å²) in [6, 6.07) is 10.1. The molecule has 0 aliphatic carbocycles. The second kappa shape index (κ2) is 6.59. The van der Waals surface area contributed by atoms with Crippen LogP contribution >= 0.6 is 27.7 Å². The Morgan fingerprint density at radius 2 is 2.21 bits per heavy atom. The summed E-state index contributed by atoms with van der Waals surface area (Å²) < 4.78 is 2.90. The van der Waals surface area contributed by atoms with Crippen LogP contribution in [-0.2, 0) is 13.5 Å². The van der Waals surface area contributed by atoms with E-state index in [1.165, 1.54) is 0 Å². The quantitative estimate of drug-likeness (QED) is 0.849. The number of aryl methyl sites for hydroxylation is 2. The number of aliphatic hydroxyl groups excluding tert-OH is 1. The van der Waals surface area contributed by atoms with Crippen molar-refractivity contribution in [1.29, 1.82) is 0 Å². The van der Waals surface area contributed by atoms with E-state index in [-0.39, 0.29) is 6.10 Å². The Balaban J connectivity index is 1.88. The molecule has 0 radical (unpaired) electrons. The summed E-state index contributed by atoms with van der Waals surface area (Å²) in [7, 11) is 1.91. The highest BCUT2D eigenvalue weighted by Gasteiger charge is 2.10. The van der Waals surface area contributed by atoms with Gasteiger partial charge in [0, 0.05) is 34.3 Å². The predicted octanol–water partition coefficient (Wildman–Crippen LogP) is 3.19. The Bertz CT molecular complexity index is 556. The fourth-order valence-corrected chi connectivity index (χ4v) is 3.34. The van der Waals surface area contributed by atoms with Gasteiger partial charge in [0.2, 0.25) is 0 Å². The lowest BCUT2D eigenvalue weighted by atomic mass is 10.2. The first-order valence-electron chi connectivity index (χ1n) is 6.10. The number of halogens is 1. The monoisotopic (exact) mass is 340 g/mol. The summed E-state index contributed by atoms with van der Waals surface area (Å²) in [6.07, 6.45) is 0.275. The molecule has 0 saturated heterocycles. The molecule has 1 unspecified atom stereocenters. The molecule has 19 heavy (non-hydrogen) atoms. The van der Waals surface area contributed by atoms with Gasteiger partial charge in [-0.3, -0.25) is 4.68 Å². The lowest BCUT2D eigenvalue weighted by Crippen LogP contribution is -2.15. The van der Waals surface area contributed by atoms with Gasteiger partial charge < -0.3 is 5.11 Å². The summed E-state index contributed by atoms with van der Waals surface area (Å²) in [5.74, 6) is 0.681. The SMILES string of the molecule is Cc1cc(CC(O)CSc2cccc(Br)c2)n(C)n1. The highest BCUT2D eigenvalue weighted by Crippen LogP contribution is 2.23. The summed E-state index contributed by atoms with van der Waals surface area (Å²) in [4.78, 5) is 1.16. The third-order valence-electron chi connectivity index (χ3n) is 2.78. The van der Waals surface area contributed by atoms with Crippen molar-refractivity contribution in [1.82, 2.24) is 9.78 Å². The molecule has 0 aliphatic heterocycles. The van der Waals surface area contributed by atoms with Gasteiger partial charge in [-0.1, -0.05) is 22.0 Å². The van der Waals surface area contributed by atoms with Crippen molar-refractivity contribution in [3.05, 3.63) is 46.2 Å². The van der Waals surface area contributed by atoms with E-state index in [2.05, 4.69) is 33.2 Å². The number of hydrogen-bond acceptors (Lipinski definition) is 3. The van der Waals surface area contributed by atoms with Gasteiger partial charge in [-0.05, 0) is 31.2 Å². The molecule has 2 rings (SSSR count). The number of nitrogens with zero attached hydrogens (tertiary/aromatic N) is 2. The second-order valence-corrected chi connectivity index (χ2v) is 6.54. The first-order chi connectivity index (χ1) is 9.04. The van der Waals surface area contributed by atoms with Crippen LogP contribution in [0.1, 0.15) is 11.4 Å². The molecule has 0 amide bonds. The lowest BCUT2D eigenvalue weighted by molar-refractivity contribution is 0.197. The van der Waals surface area contributed by atoms with Gasteiger partial charge in [0.1, 0.15) is 0 Å². The van der Waals surface area contributed by atoms with Crippen molar-refractivity contribution in [2.45, 2.75) is 24.3 Å². The van der Waals surface area contributed by atoms with E-state index in [4.69, 9.17) is 0 Å². The van der Waals surface area contributed by atoms with Gasteiger partial charge in [-0.25, -0.2) is 0 Å². The van der Waals surface area contributed by atoms with E-state index in [1.807, 2.05) is 36.9 Å². The molecular weight excluding hydrogens is 324 g/mol. The molecule has 1 aromatic heterocycles. The molecule has 0 spiro atoms. The van der Waals surface area contributed by atoms with E-state index in [1.54, 1.807) is 11.8 Å². The normalized spacial score (nSPS) is 12.6. The molecule has 0 fully saturated rings. The highest BCUT2D eigenvalue weighted by molar-refractivity contribution is 9.10. The van der Waals surface area contributed by atoms with Crippen LogP contribution in [-0.4, -0.2) is 26.7 Å². The van der Waals surface area contributed by atoms with Crippen LogP contribution in [0.2, 0.25) is 0 Å². The fourth-order valence-electron chi connectivity index (χ4n) is 1.90. The number of hydrogen-bond donors (Lipinski definition) is 1.